The SMILES string of the molecule is CS(=O)(=O)c1ccc2c(N)ccc(/N=N/c3ccc(/N=N/c4ccc(S(=O)(=O)O)cc4)c4cc(S(=O)(=O)O)ccc34)c2c1. The lowest BCUT2D eigenvalue weighted by Crippen LogP contribution is -1.97. The second-order valence-electron chi connectivity index (χ2n) is 9.31. The van der Waals surface area contributed by atoms with Crippen LogP contribution < -0.4 is 5.73 Å². The quantitative estimate of drug-likeness (QED) is 0.103. The van der Waals surface area contributed by atoms with Gasteiger partial charge in [-0.15, -0.1) is 15.3 Å². The molecule has 0 amide bonds. The van der Waals surface area contributed by atoms with Gasteiger partial charge in [-0.2, -0.15) is 21.9 Å². The first-order valence-electron chi connectivity index (χ1n) is 12.1. The Hall–Kier alpha value is -4.61. The zero-order chi connectivity index (χ0) is 31.2. The van der Waals surface area contributed by atoms with Crippen LogP contribution in [-0.2, 0) is 30.1 Å². The van der Waals surface area contributed by atoms with Gasteiger partial charge in [0.1, 0.15) is 0 Å². The van der Waals surface area contributed by atoms with Crippen LogP contribution in [0.5, 0.6) is 0 Å². The van der Waals surface area contributed by atoms with Gasteiger partial charge >= 0.3 is 0 Å². The van der Waals surface area contributed by atoms with E-state index in [1.54, 1.807) is 24.3 Å². The van der Waals surface area contributed by atoms with Crippen molar-refractivity contribution in [3.8, 4) is 0 Å². The molecule has 16 heteroatoms. The predicted molar refractivity (Wildman–Crippen MR) is 160 cm³/mol. The van der Waals surface area contributed by atoms with Crippen LogP contribution in [0.2, 0.25) is 0 Å². The summed E-state index contributed by atoms with van der Waals surface area (Å²) in [5.74, 6) is 0. The summed E-state index contributed by atoms with van der Waals surface area (Å²) in [6.07, 6.45) is 1.09. The third-order valence-corrected chi connectivity index (χ3v) is 9.17. The minimum atomic E-state index is -4.58. The van der Waals surface area contributed by atoms with Gasteiger partial charge in [-0.1, -0.05) is 12.1 Å². The number of nitrogens with two attached hydrogens (primary N) is 1. The molecule has 5 rings (SSSR count). The lowest BCUT2D eigenvalue weighted by molar-refractivity contribution is 0.481. The third-order valence-electron chi connectivity index (χ3n) is 6.34. The number of anilines is 1. The van der Waals surface area contributed by atoms with Crippen molar-refractivity contribution in [1.82, 2.24) is 0 Å². The van der Waals surface area contributed by atoms with E-state index in [4.69, 9.17) is 10.3 Å². The zero-order valence-corrected chi connectivity index (χ0v) is 24.5. The van der Waals surface area contributed by atoms with Crippen molar-refractivity contribution in [2.24, 2.45) is 20.5 Å². The summed E-state index contributed by atoms with van der Waals surface area (Å²) in [5.41, 5.74) is 7.54. The average Bonchev–Trinajstić information content (AvgIpc) is 2.94. The van der Waals surface area contributed by atoms with Crippen LogP contribution in [0.3, 0.4) is 0 Å². The first-order chi connectivity index (χ1) is 20.1. The van der Waals surface area contributed by atoms with Gasteiger partial charge in [0, 0.05) is 33.5 Å². The van der Waals surface area contributed by atoms with Crippen molar-refractivity contribution in [3.05, 3.63) is 84.9 Å². The Bertz CT molecular complexity index is 2320. The molecule has 0 saturated heterocycles. The van der Waals surface area contributed by atoms with Gasteiger partial charge in [-0.25, -0.2) is 8.42 Å². The van der Waals surface area contributed by atoms with Crippen molar-refractivity contribution < 1.29 is 34.4 Å². The van der Waals surface area contributed by atoms with Crippen molar-refractivity contribution in [2.75, 3.05) is 12.0 Å². The summed E-state index contributed by atoms with van der Waals surface area (Å²) < 4.78 is 89.3. The summed E-state index contributed by atoms with van der Waals surface area (Å²) in [4.78, 5) is -0.653. The molecule has 0 spiro atoms. The molecule has 0 fully saturated rings. The monoisotopic (exact) mass is 639 g/mol. The first-order valence-corrected chi connectivity index (χ1v) is 16.9. The maximum absolute atomic E-state index is 12.1. The summed E-state index contributed by atoms with van der Waals surface area (Å²) in [6, 6.07) is 19.4. The molecule has 5 aromatic carbocycles. The van der Waals surface area contributed by atoms with Crippen LogP contribution in [0.15, 0.2) is 120 Å². The number of sulfone groups is 1. The second kappa shape index (κ2) is 10.9. The van der Waals surface area contributed by atoms with Gasteiger partial charge in [0.25, 0.3) is 20.2 Å². The molecule has 4 N–H and O–H groups in total. The van der Waals surface area contributed by atoms with E-state index in [1.807, 2.05) is 0 Å². The average molecular weight is 640 g/mol. The van der Waals surface area contributed by atoms with E-state index in [2.05, 4.69) is 20.5 Å². The largest absolute Gasteiger partial charge is 0.398 e. The van der Waals surface area contributed by atoms with Crippen molar-refractivity contribution in [3.63, 3.8) is 0 Å². The Balaban J connectivity index is 1.61. The van der Waals surface area contributed by atoms with Crippen molar-refractivity contribution >= 4 is 80.1 Å². The Kier molecular flexibility index (Phi) is 7.57. The number of benzene rings is 5. The number of hydrogen-bond acceptors (Lipinski definition) is 11. The fourth-order valence-corrected chi connectivity index (χ4v) is 5.82. The Morgan fingerprint density at radius 1 is 0.512 bits per heavy atom. The molecule has 0 heterocycles. The van der Waals surface area contributed by atoms with Crippen molar-refractivity contribution in [2.45, 2.75) is 14.7 Å². The van der Waals surface area contributed by atoms with E-state index < -0.39 is 35.0 Å². The van der Waals surface area contributed by atoms with Crippen LogP contribution in [0.1, 0.15) is 0 Å². The number of fused-ring (bicyclic) bond motifs is 2. The summed E-state index contributed by atoms with van der Waals surface area (Å²) >= 11 is 0. The molecule has 0 bridgehead atoms. The molecule has 0 aliphatic heterocycles. The minimum absolute atomic E-state index is 0.0765. The highest BCUT2D eigenvalue weighted by molar-refractivity contribution is 7.90. The van der Waals surface area contributed by atoms with Gasteiger partial charge in [0.2, 0.25) is 0 Å². The molecular formula is C27H21N5O8S3. The molecule has 0 unspecified atom stereocenters. The molecule has 0 radical (unpaired) electrons. The van der Waals surface area contributed by atoms with Gasteiger partial charge in [0.15, 0.2) is 9.84 Å². The topological polar surface area (TPSA) is 218 Å². The first kappa shape index (κ1) is 29.9. The zero-order valence-electron chi connectivity index (χ0n) is 22.0. The highest BCUT2D eigenvalue weighted by atomic mass is 32.2. The second-order valence-corrected chi connectivity index (χ2v) is 14.2. The summed E-state index contributed by atoms with van der Waals surface area (Å²) in [6.45, 7) is 0. The number of azo groups is 2. The van der Waals surface area contributed by atoms with Crippen LogP contribution >= 0.6 is 0 Å². The fraction of sp³-hybridized carbons (Fsp3) is 0.0370. The Labute approximate surface area is 245 Å². The van der Waals surface area contributed by atoms with Gasteiger partial charge in [0.05, 0.1) is 37.4 Å². The molecule has 0 aromatic heterocycles. The third kappa shape index (κ3) is 6.42. The highest BCUT2D eigenvalue weighted by Crippen LogP contribution is 2.38. The van der Waals surface area contributed by atoms with E-state index in [-0.39, 0.29) is 32.2 Å². The number of hydrogen-bond donors (Lipinski definition) is 3. The molecule has 0 saturated carbocycles. The Morgan fingerprint density at radius 3 is 1.53 bits per heavy atom. The maximum Gasteiger partial charge on any atom is 0.294 e. The van der Waals surface area contributed by atoms with E-state index >= 15 is 0 Å². The Morgan fingerprint density at radius 2 is 0.953 bits per heavy atom. The van der Waals surface area contributed by atoms with Crippen LogP contribution in [0.4, 0.5) is 28.4 Å². The number of nitrogen functional groups attached to an aromatic ring is 1. The van der Waals surface area contributed by atoms with E-state index in [0.29, 0.717) is 27.5 Å². The molecule has 220 valence electrons. The van der Waals surface area contributed by atoms with Gasteiger partial charge < -0.3 is 5.73 Å². The maximum atomic E-state index is 12.1. The predicted octanol–water partition coefficient (Wildman–Crippen LogP) is 6.30. The van der Waals surface area contributed by atoms with Gasteiger partial charge in [-0.3, -0.25) is 9.11 Å². The lowest BCUT2D eigenvalue weighted by Gasteiger charge is -2.08. The summed E-state index contributed by atoms with van der Waals surface area (Å²) in [5, 5.41) is 18.5. The van der Waals surface area contributed by atoms with Crippen molar-refractivity contribution in [1.29, 1.82) is 0 Å². The summed E-state index contributed by atoms with van der Waals surface area (Å²) in [7, 11) is -12.5. The standard InChI is InChI=1S/C27H21N5O8S3/c1-41(33,34)18-6-8-20-22(14-18)26(11-10-24(20)28)32-31-25-12-13-27(23-15-19(43(38,39)40)7-9-21(23)25)30-29-16-2-4-17(5-3-16)42(35,36)37/h2-15H,28H2,1H3,(H,35,36,37)(H,38,39,40)/b30-29+,32-31+. The van der Waals surface area contributed by atoms with E-state index in [1.165, 1.54) is 48.5 Å². The van der Waals surface area contributed by atoms with Gasteiger partial charge in [-0.05, 0) is 72.8 Å². The van der Waals surface area contributed by atoms with E-state index in [0.717, 1.165) is 18.4 Å². The molecule has 0 aliphatic rings. The normalized spacial score (nSPS) is 13.0. The highest BCUT2D eigenvalue weighted by Gasteiger charge is 2.15. The molecule has 13 nitrogen and oxygen atoms in total. The smallest absolute Gasteiger partial charge is 0.294 e. The number of nitrogens with zero attached hydrogens (tertiary/aromatic N) is 4. The fourth-order valence-electron chi connectivity index (χ4n) is 4.19. The van der Waals surface area contributed by atoms with Crippen LogP contribution in [0, 0.1) is 0 Å². The van der Waals surface area contributed by atoms with Crippen LogP contribution in [0.25, 0.3) is 21.5 Å². The number of rotatable bonds is 7. The lowest BCUT2D eigenvalue weighted by atomic mass is 10.1. The molecule has 43 heavy (non-hydrogen) atoms. The van der Waals surface area contributed by atoms with Crippen LogP contribution in [-0.4, -0.2) is 40.6 Å². The molecule has 0 atom stereocenters. The molecule has 5 aromatic rings. The molecule has 0 aliphatic carbocycles. The molecular weight excluding hydrogens is 619 g/mol. The minimum Gasteiger partial charge on any atom is -0.398 e. The van der Waals surface area contributed by atoms with E-state index in [9.17, 15) is 29.8 Å².